The first-order chi connectivity index (χ1) is 7.68. The summed E-state index contributed by atoms with van der Waals surface area (Å²) in [6, 6.07) is 3.85. The van der Waals surface area contributed by atoms with Crippen LogP contribution < -0.4 is 0 Å². The van der Waals surface area contributed by atoms with E-state index in [0.29, 0.717) is 0 Å². The Hall–Kier alpha value is -1.27. The fourth-order valence-electron chi connectivity index (χ4n) is 2.06. The summed E-state index contributed by atoms with van der Waals surface area (Å²) in [7, 11) is 0. The molecule has 0 aliphatic heterocycles. The largest absolute Gasteiger partial charge is 0.472 e. The topological polar surface area (TPSA) is 37.3 Å². The maximum Gasteiger partial charge on any atom is 0.382 e. The van der Waals surface area contributed by atoms with E-state index in [1.54, 1.807) is 0 Å². The summed E-state index contributed by atoms with van der Waals surface area (Å²) in [6.07, 6.45) is 4.41. The minimum absolute atomic E-state index is 0.861. The highest BCUT2D eigenvalue weighted by Gasteiger charge is 2.14. The van der Waals surface area contributed by atoms with Crippen molar-refractivity contribution in [2.45, 2.75) is 25.7 Å². The van der Waals surface area contributed by atoms with E-state index in [0.717, 1.165) is 29.3 Å². The van der Waals surface area contributed by atoms with Gasteiger partial charge in [-0.1, -0.05) is 21.9 Å². The molecular formula is C13H11BrO2. The van der Waals surface area contributed by atoms with E-state index in [1.165, 1.54) is 17.5 Å². The highest BCUT2D eigenvalue weighted by Crippen LogP contribution is 2.30. The number of rotatable bonds is 0. The van der Waals surface area contributed by atoms with Gasteiger partial charge in [-0.15, -0.1) is 0 Å². The van der Waals surface area contributed by atoms with Crippen LogP contribution in [0.2, 0.25) is 0 Å². The van der Waals surface area contributed by atoms with Crippen molar-refractivity contribution in [1.82, 2.24) is 0 Å². The molecular weight excluding hydrogens is 268 g/mol. The zero-order valence-electron chi connectivity index (χ0n) is 8.72. The molecule has 0 saturated carbocycles. The molecule has 0 bridgehead atoms. The van der Waals surface area contributed by atoms with Crippen molar-refractivity contribution in [2.75, 3.05) is 0 Å². The average molecular weight is 279 g/mol. The summed E-state index contributed by atoms with van der Waals surface area (Å²) in [6.45, 7) is 0. The Kier molecular flexibility index (Phi) is 3.31. The second-order valence-electron chi connectivity index (χ2n) is 3.81. The fourth-order valence-corrected chi connectivity index (χ4v) is 2.63. The molecule has 0 aromatic heterocycles. The zero-order valence-corrected chi connectivity index (χ0v) is 10.3. The molecule has 3 heteroatoms. The molecule has 2 rings (SSSR count). The number of benzene rings is 1. The lowest BCUT2D eigenvalue weighted by Crippen LogP contribution is -2.06. The zero-order chi connectivity index (χ0) is 11.5. The normalized spacial score (nSPS) is 13.6. The first kappa shape index (κ1) is 11.2. The lowest BCUT2D eigenvalue weighted by molar-refractivity contribution is -0.130. The van der Waals surface area contributed by atoms with Gasteiger partial charge in [-0.25, -0.2) is 4.79 Å². The average Bonchev–Trinajstić information content (AvgIpc) is 2.28. The molecule has 0 saturated heterocycles. The quantitative estimate of drug-likeness (QED) is 0.741. The highest BCUT2D eigenvalue weighted by molar-refractivity contribution is 9.10. The van der Waals surface area contributed by atoms with Crippen LogP contribution in [0.1, 0.15) is 29.5 Å². The molecule has 0 atom stereocenters. The number of carboxylic acids is 1. The number of aliphatic carboxylic acids is 1. The highest BCUT2D eigenvalue weighted by atomic mass is 79.9. The van der Waals surface area contributed by atoms with Gasteiger partial charge in [0.15, 0.2) is 0 Å². The van der Waals surface area contributed by atoms with Gasteiger partial charge in [0.25, 0.3) is 0 Å². The third-order valence-electron chi connectivity index (χ3n) is 2.78. The predicted octanol–water partition coefficient (Wildman–Crippen LogP) is 2.76. The van der Waals surface area contributed by atoms with Gasteiger partial charge in [0.05, 0.1) is 0 Å². The van der Waals surface area contributed by atoms with E-state index in [4.69, 9.17) is 5.11 Å². The van der Waals surface area contributed by atoms with Crippen LogP contribution in [0.5, 0.6) is 0 Å². The molecule has 1 aliphatic carbocycles. The van der Waals surface area contributed by atoms with E-state index in [-0.39, 0.29) is 0 Å². The maximum atomic E-state index is 10.4. The standard InChI is InChI=1S/C13H11BrO2/c14-12-7-5-9(6-8-13(15)16)10-3-1-2-4-11(10)12/h5,7H,1-4H2,(H,15,16). The Balaban J connectivity index is 2.48. The van der Waals surface area contributed by atoms with Crippen LogP contribution in [-0.2, 0) is 17.6 Å². The number of carbonyl (C=O) groups is 1. The molecule has 16 heavy (non-hydrogen) atoms. The Morgan fingerprint density at radius 3 is 2.62 bits per heavy atom. The van der Waals surface area contributed by atoms with Crippen LogP contribution in [0, 0.1) is 11.8 Å². The van der Waals surface area contributed by atoms with Crippen LogP contribution in [0.25, 0.3) is 0 Å². The Morgan fingerprint density at radius 2 is 1.94 bits per heavy atom. The van der Waals surface area contributed by atoms with Gasteiger partial charge in [0, 0.05) is 16.0 Å². The molecule has 1 aromatic rings. The summed E-state index contributed by atoms with van der Waals surface area (Å²) in [5.74, 6) is 3.84. The van der Waals surface area contributed by atoms with E-state index in [2.05, 4.69) is 27.8 Å². The van der Waals surface area contributed by atoms with Gasteiger partial charge in [-0.3, -0.25) is 0 Å². The lowest BCUT2D eigenvalue weighted by atomic mass is 9.88. The van der Waals surface area contributed by atoms with Crippen LogP contribution in [0.3, 0.4) is 0 Å². The second kappa shape index (κ2) is 4.71. The molecule has 0 radical (unpaired) electrons. The smallest absolute Gasteiger partial charge is 0.382 e. The monoisotopic (exact) mass is 278 g/mol. The van der Waals surface area contributed by atoms with Crippen molar-refractivity contribution in [3.8, 4) is 11.8 Å². The first-order valence-electron chi connectivity index (χ1n) is 5.23. The third kappa shape index (κ3) is 2.28. The predicted molar refractivity (Wildman–Crippen MR) is 65.3 cm³/mol. The van der Waals surface area contributed by atoms with E-state index >= 15 is 0 Å². The summed E-state index contributed by atoms with van der Waals surface area (Å²) in [5, 5.41) is 8.55. The van der Waals surface area contributed by atoms with Gasteiger partial charge in [-0.2, -0.15) is 0 Å². The molecule has 0 heterocycles. The Labute approximate surface area is 103 Å². The van der Waals surface area contributed by atoms with E-state index in [9.17, 15) is 4.79 Å². The van der Waals surface area contributed by atoms with Gasteiger partial charge < -0.3 is 5.11 Å². The van der Waals surface area contributed by atoms with Crippen LogP contribution in [-0.4, -0.2) is 11.1 Å². The van der Waals surface area contributed by atoms with Crippen molar-refractivity contribution in [3.05, 3.63) is 33.3 Å². The lowest BCUT2D eigenvalue weighted by Gasteiger charge is -2.18. The van der Waals surface area contributed by atoms with Gasteiger partial charge >= 0.3 is 5.97 Å². The maximum absolute atomic E-state index is 10.4. The van der Waals surface area contributed by atoms with Crippen LogP contribution in [0.15, 0.2) is 16.6 Å². The number of hydrogen-bond acceptors (Lipinski definition) is 1. The van der Waals surface area contributed by atoms with Crippen molar-refractivity contribution in [3.63, 3.8) is 0 Å². The fraction of sp³-hybridized carbons (Fsp3) is 0.308. The summed E-state index contributed by atoms with van der Waals surface area (Å²) in [4.78, 5) is 10.4. The van der Waals surface area contributed by atoms with Crippen LogP contribution >= 0.6 is 15.9 Å². The van der Waals surface area contributed by atoms with E-state index in [1.807, 2.05) is 12.1 Å². The minimum atomic E-state index is -1.08. The summed E-state index contributed by atoms with van der Waals surface area (Å²) < 4.78 is 1.11. The molecule has 0 fully saturated rings. The molecule has 1 aliphatic rings. The van der Waals surface area contributed by atoms with Gasteiger partial charge in [0.2, 0.25) is 0 Å². The number of fused-ring (bicyclic) bond motifs is 1. The molecule has 1 N–H and O–H groups in total. The molecule has 0 unspecified atom stereocenters. The van der Waals surface area contributed by atoms with Crippen LogP contribution in [0.4, 0.5) is 0 Å². The second-order valence-corrected chi connectivity index (χ2v) is 4.67. The molecule has 1 aromatic carbocycles. The molecule has 0 spiro atoms. The van der Waals surface area contributed by atoms with Crippen molar-refractivity contribution in [1.29, 1.82) is 0 Å². The molecule has 82 valence electrons. The van der Waals surface area contributed by atoms with Crippen molar-refractivity contribution < 1.29 is 9.90 Å². The SMILES string of the molecule is O=C(O)C#Cc1ccc(Br)c2c1CCCC2. The third-order valence-corrected chi connectivity index (χ3v) is 3.52. The Bertz CT molecular complexity index is 495. The summed E-state index contributed by atoms with van der Waals surface area (Å²) in [5.41, 5.74) is 3.37. The minimum Gasteiger partial charge on any atom is -0.472 e. The number of carboxylic acid groups (broad SMARTS) is 1. The first-order valence-corrected chi connectivity index (χ1v) is 6.03. The summed E-state index contributed by atoms with van der Waals surface area (Å²) >= 11 is 3.53. The molecule has 2 nitrogen and oxygen atoms in total. The number of halogens is 1. The van der Waals surface area contributed by atoms with Crippen molar-refractivity contribution >= 4 is 21.9 Å². The molecule has 0 amide bonds. The van der Waals surface area contributed by atoms with Crippen molar-refractivity contribution in [2.24, 2.45) is 0 Å². The number of hydrogen-bond donors (Lipinski definition) is 1. The van der Waals surface area contributed by atoms with Gasteiger partial charge in [0.1, 0.15) is 0 Å². The Morgan fingerprint density at radius 1 is 1.25 bits per heavy atom. The van der Waals surface area contributed by atoms with E-state index < -0.39 is 5.97 Å². The van der Waals surface area contributed by atoms with Gasteiger partial charge in [-0.05, 0) is 48.9 Å².